The highest BCUT2D eigenvalue weighted by Gasteiger charge is 2.47. The lowest BCUT2D eigenvalue weighted by Crippen LogP contribution is -2.49. The van der Waals surface area contributed by atoms with E-state index in [-0.39, 0.29) is 11.3 Å². The summed E-state index contributed by atoms with van der Waals surface area (Å²) >= 11 is 0. The van der Waals surface area contributed by atoms with Crippen LogP contribution in [0.2, 0.25) is 0 Å². The number of hydrogen-bond donors (Lipinski definition) is 1. The monoisotopic (exact) mass is 256 g/mol. The Morgan fingerprint density at radius 1 is 1.12 bits per heavy atom. The minimum Gasteiger partial charge on any atom is -0.508 e. The molecule has 0 saturated carbocycles. The second-order valence-electron chi connectivity index (χ2n) is 3.74. The van der Waals surface area contributed by atoms with Gasteiger partial charge in [-0.05, 0) is 12.5 Å². The highest BCUT2D eigenvalue weighted by molar-refractivity contribution is 6.62. The van der Waals surface area contributed by atoms with Gasteiger partial charge in [-0.25, -0.2) is 0 Å². The summed E-state index contributed by atoms with van der Waals surface area (Å²) in [6, 6.07) is 7.22. The molecule has 0 fully saturated rings. The summed E-state index contributed by atoms with van der Waals surface area (Å²) in [5.74, 6) is 0.252. The Balaban J connectivity index is 3.18. The lowest BCUT2D eigenvalue weighted by atomic mass is 10.1. The predicted octanol–water partition coefficient (Wildman–Crippen LogP) is 2.30. The second-order valence-corrected chi connectivity index (χ2v) is 6.86. The molecule has 0 aliphatic rings. The van der Waals surface area contributed by atoms with Crippen LogP contribution in [-0.4, -0.2) is 35.2 Å². The average Bonchev–Trinajstić information content (AvgIpc) is 2.38. The second kappa shape index (κ2) is 6.16. The van der Waals surface area contributed by atoms with Crippen molar-refractivity contribution in [2.45, 2.75) is 18.9 Å². The zero-order valence-corrected chi connectivity index (χ0v) is 11.8. The summed E-state index contributed by atoms with van der Waals surface area (Å²) < 4.78 is 16.4. The van der Waals surface area contributed by atoms with Gasteiger partial charge < -0.3 is 18.4 Å². The molecule has 0 spiro atoms. The number of para-hydroxylation sites is 1. The van der Waals surface area contributed by atoms with Gasteiger partial charge >= 0.3 is 8.80 Å². The highest BCUT2D eigenvalue weighted by atomic mass is 28.4. The van der Waals surface area contributed by atoms with Crippen molar-refractivity contribution in [3.05, 3.63) is 29.8 Å². The molecule has 96 valence electrons. The van der Waals surface area contributed by atoms with Crippen molar-refractivity contribution >= 4 is 8.80 Å². The first-order valence-electron chi connectivity index (χ1n) is 5.58. The first-order valence-corrected chi connectivity index (χ1v) is 7.38. The summed E-state index contributed by atoms with van der Waals surface area (Å²) in [5, 5.41) is 9.92. The molecule has 17 heavy (non-hydrogen) atoms. The number of phenols is 1. The molecule has 4 nitrogen and oxygen atoms in total. The summed E-state index contributed by atoms with van der Waals surface area (Å²) in [7, 11) is 1.98. The van der Waals surface area contributed by atoms with Crippen LogP contribution in [0.25, 0.3) is 0 Å². The van der Waals surface area contributed by atoms with Crippen LogP contribution in [-0.2, 0) is 13.3 Å². The number of phenolic OH excluding ortho intramolecular Hbond substituents is 1. The van der Waals surface area contributed by atoms with E-state index in [1.807, 2.05) is 19.1 Å². The predicted molar refractivity (Wildman–Crippen MR) is 67.9 cm³/mol. The number of benzene rings is 1. The van der Waals surface area contributed by atoms with E-state index in [1.54, 1.807) is 33.5 Å². The summed E-state index contributed by atoms with van der Waals surface area (Å²) in [5.41, 5.74) is 0.746. The van der Waals surface area contributed by atoms with E-state index >= 15 is 0 Å². The van der Waals surface area contributed by atoms with Crippen molar-refractivity contribution in [3.8, 4) is 5.75 Å². The van der Waals surface area contributed by atoms with Crippen LogP contribution in [0.3, 0.4) is 0 Å². The average molecular weight is 256 g/mol. The maximum atomic E-state index is 9.92. The maximum Gasteiger partial charge on any atom is 0.508 e. The van der Waals surface area contributed by atoms with Crippen LogP contribution < -0.4 is 0 Å². The van der Waals surface area contributed by atoms with Crippen LogP contribution in [0.1, 0.15) is 24.4 Å². The molecule has 0 aliphatic heterocycles. The minimum atomic E-state index is -2.78. The van der Waals surface area contributed by atoms with Gasteiger partial charge in [0, 0.05) is 26.9 Å². The molecule has 1 aromatic rings. The highest BCUT2D eigenvalue weighted by Crippen LogP contribution is 2.36. The van der Waals surface area contributed by atoms with Crippen molar-refractivity contribution in [1.29, 1.82) is 0 Å². The van der Waals surface area contributed by atoms with Crippen molar-refractivity contribution in [3.63, 3.8) is 0 Å². The molecule has 1 rings (SSSR count). The molecule has 0 heterocycles. The van der Waals surface area contributed by atoms with Crippen molar-refractivity contribution < 1.29 is 18.4 Å². The third-order valence-corrected chi connectivity index (χ3v) is 6.28. The summed E-state index contributed by atoms with van der Waals surface area (Å²) in [4.78, 5) is 0. The fraction of sp³-hybridized carbons (Fsp3) is 0.500. The molecule has 0 aromatic heterocycles. The molecule has 0 aliphatic carbocycles. The molecule has 1 unspecified atom stereocenters. The van der Waals surface area contributed by atoms with Crippen molar-refractivity contribution in [2.75, 3.05) is 21.3 Å². The Bertz CT molecular complexity index is 344. The van der Waals surface area contributed by atoms with Crippen LogP contribution >= 0.6 is 0 Å². The van der Waals surface area contributed by atoms with Gasteiger partial charge in [0.25, 0.3) is 0 Å². The van der Waals surface area contributed by atoms with Gasteiger partial charge in [-0.15, -0.1) is 0 Å². The Hall–Kier alpha value is -0.883. The quantitative estimate of drug-likeness (QED) is 0.793. The van der Waals surface area contributed by atoms with Crippen LogP contribution in [0.4, 0.5) is 0 Å². The van der Waals surface area contributed by atoms with Gasteiger partial charge in [0.05, 0.1) is 5.54 Å². The molecule has 0 radical (unpaired) electrons. The first-order chi connectivity index (χ1) is 8.15. The number of rotatable bonds is 6. The SMILES string of the molecule is CCC(c1ccccc1O)[Si](OC)(OC)OC. The standard InChI is InChI=1S/C12H20O4Si/c1-5-12(17(14-2,15-3)16-4)10-8-6-7-9-11(10)13/h6-9,12-13H,5H2,1-4H3. The van der Waals surface area contributed by atoms with Gasteiger partial charge in [-0.1, -0.05) is 25.1 Å². The van der Waals surface area contributed by atoms with Gasteiger partial charge in [0.2, 0.25) is 0 Å². The smallest absolute Gasteiger partial charge is 0.508 e. The number of aromatic hydroxyl groups is 1. The Morgan fingerprint density at radius 3 is 2.06 bits per heavy atom. The lowest BCUT2D eigenvalue weighted by Gasteiger charge is -2.32. The van der Waals surface area contributed by atoms with Crippen LogP contribution in [0.5, 0.6) is 5.75 Å². The topological polar surface area (TPSA) is 47.9 Å². The third-order valence-electron chi connectivity index (χ3n) is 3.00. The Kier molecular flexibility index (Phi) is 5.14. The fourth-order valence-corrected chi connectivity index (χ4v) is 4.60. The van der Waals surface area contributed by atoms with E-state index in [1.165, 1.54) is 0 Å². The van der Waals surface area contributed by atoms with E-state index in [2.05, 4.69) is 0 Å². The lowest BCUT2D eigenvalue weighted by molar-refractivity contribution is 0.111. The van der Waals surface area contributed by atoms with E-state index < -0.39 is 8.80 Å². The molecule has 1 N–H and O–H groups in total. The van der Waals surface area contributed by atoms with Crippen molar-refractivity contribution in [2.24, 2.45) is 0 Å². The van der Waals surface area contributed by atoms with E-state index in [0.29, 0.717) is 0 Å². The molecule has 1 aromatic carbocycles. The normalized spacial score (nSPS) is 13.6. The van der Waals surface area contributed by atoms with Gasteiger partial charge in [0.15, 0.2) is 0 Å². The van der Waals surface area contributed by atoms with Crippen molar-refractivity contribution in [1.82, 2.24) is 0 Å². The van der Waals surface area contributed by atoms with Crippen LogP contribution in [0, 0.1) is 0 Å². The maximum absolute atomic E-state index is 9.92. The zero-order chi connectivity index (χ0) is 12.9. The third kappa shape index (κ3) is 2.69. The Morgan fingerprint density at radius 2 is 1.65 bits per heavy atom. The molecule has 1 atom stereocenters. The molecular formula is C12H20O4Si. The number of hydrogen-bond acceptors (Lipinski definition) is 4. The largest absolute Gasteiger partial charge is 0.508 e. The fourth-order valence-electron chi connectivity index (χ4n) is 2.12. The first kappa shape index (κ1) is 14.2. The van der Waals surface area contributed by atoms with Gasteiger partial charge in [0.1, 0.15) is 5.75 Å². The van der Waals surface area contributed by atoms with Gasteiger partial charge in [-0.2, -0.15) is 0 Å². The van der Waals surface area contributed by atoms with E-state index in [0.717, 1.165) is 12.0 Å². The minimum absolute atomic E-state index is 0.0660. The van der Waals surface area contributed by atoms with Crippen LogP contribution in [0.15, 0.2) is 24.3 Å². The molecule has 0 saturated heterocycles. The molecule has 0 bridgehead atoms. The Labute approximate surface area is 104 Å². The van der Waals surface area contributed by atoms with E-state index in [4.69, 9.17) is 13.3 Å². The zero-order valence-electron chi connectivity index (χ0n) is 10.8. The molecule has 0 amide bonds. The molecular weight excluding hydrogens is 236 g/mol. The van der Waals surface area contributed by atoms with E-state index in [9.17, 15) is 5.11 Å². The summed E-state index contributed by atoms with van der Waals surface area (Å²) in [6.45, 7) is 2.02. The van der Waals surface area contributed by atoms with Gasteiger partial charge in [-0.3, -0.25) is 0 Å². The molecule has 5 heteroatoms. The summed E-state index contributed by atoms with van der Waals surface area (Å²) in [6.07, 6.45) is 0.777.